The quantitative estimate of drug-likeness (QED) is 0.479. The van der Waals surface area contributed by atoms with E-state index in [0.717, 1.165) is 12.3 Å². The Morgan fingerprint density at radius 2 is 1.74 bits per heavy atom. The average Bonchev–Trinajstić information content (AvgIpc) is 2.98. The maximum Gasteiger partial charge on any atom is 0.371 e. The van der Waals surface area contributed by atoms with Crippen LogP contribution in [0.3, 0.4) is 0 Å². The smallest absolute Gasteiger partial charge is 0.371 e. The van der Waals surface area contributed by atoms with E-state index in [1.54, 1.807) is 0 Å². The van der Waals surface area contributed by atoms with Crippen LogP contribution in [-0.2, 0) is 14.6 Å². The summed E-state index contributed by atoms with van der Waals surface area (Å²) in [5.41, 5.74) is -0.217. The standard InChI is InChI=1S/C14H9ClO7S/c15-9-1-3-10(4-2-9)23(20,21)13-5-8(7-22-13)11(16)6-12(17)14(18)19/h1-7,17H,(H,18,19). The molecule has 2 N–H and O–H groups in total. The number of allylic oxidation sites excluding steroid dienone is 1. The second kappa shape index (κ2) is 6.27. The Hall–Kier alpha value is -2.58. The van der Waals surface area contributed by atoms with Crippen LogP contribution in [0.4, 0.5) is 0 Å². The van der Waals surface area contributed by atoms with Crippen LogP contribution in [0.5, 0.6) is 0 Å². The van der Waals surface area contributed by atoms with E-state index in [1.807, 2.05) is 0 Å². The van der Waals surface area contributed by atoms with Gasteiger partial charge < -0.3 is 14.6 Å². The second-order valence-electron chi connectivity index (χ2n) is 4.31. The SMILES string of the molecule is O=C(O)C(O)=CC(=O)c1coc(S(=O)(=O)c2ccc(Cl)cc2)c1. The van der Waals surface area contributed by atoms with Crippen molar-refractivity contribution in [3.8, 4) is 0 Å². The third-order valence-corrected chi connectivity index (χ3v) is 4.62. The predicted octanol–water partition coefficient (Wildman–Crippen LogP) is 2.48. The van der Waals surface area contributed by atoms with E-state index in [1.165, 1.54) is 24.3 Å². The number of halogens is 1. The Kier molecular flexibility index (Phi) is 4.57. The van der Waals surface area contributed by atoms with E-state index in [2.05, 4.69) is 0 Å². The van der Waals surface area contributed by atoms with Gasteiger partial charge in [0, 0.05) is 17.2 Å². The molecule has 0 aliphatic heterocycles. The third kappa shape index (κ3) is 3.61. The summed E-state index contributed by atoms with van der Waals surface area (Å²) in [4.78, 5) is 22.1. The molecule has 2 aromatic rings. The molecule has 0 radical (unpaired) electrons. The van der Waals surface area contributed by atoms with Gasteiger partial charge in [-0.05, 0) is 24.3 Å². The van der Waals surface area contributed by atoms with Gasteiger partial charge in [-0.15, -0.1) is 0 Å². The molecule has 23 heavy (non-hydrogen) atoms. The molecule has 0 bridgehead atoms. The van der Waals surface area contributed by atoms with Gasteiger partial charge in [-0.2, -0.15) is 0 Å². The number of hydrogen-bond donors (Lipinski definition) is 2. The fourth-order valence-corrected chi connectivity index (χ4v) is 2.90. The summed E-state index contributed by atoms with van der Waals surface area (Å²) in [5, 5.41) is 17.4. The molecule has 0 amide bonds. The first-order chi connectivity index (χ1) is 10.7. The van der Waals surface area contributed by atoms with Crippen LogP contribution in [0, 0.1) is 0 Å². The number of carboxylic acid groups (broad SMARTS) is 1. The molecule has 1 aromatic heterocycles. The molecule has 0 atom stereocenters. The Bertz CT molecular complexity index is 891. The predicted molar refractivity (Wildman–Crippen MR) is 78.3 cm³/mol. The molecule has 9 heteroatoms. The molecule has 1 heterocycles. The highest BCUT2D eigenvalue weighted by molar-refractivity contribution is 7.91. The van der Waals surface area contributed by atoms with Crippen molar-refractivity contribution in [2.24, 2.45) is 0 Å². The van der Waals surface area contributed by atoms with Crippen molar-refractivity contribution < 1.29 is 32.6 Å². The molecule has 0 unspecified atom stereocenters. The molecule has 0 saturated heterocycles. The van der Waals surface area contributed by atoms with E-state index < -0.39 is 32.4 Å². The van der Waals surface area contributed by atoms with Gasteiger partial charge in [-0.1, -0.05) is 11.6 Å². The molecule has 7 nitrogen and oxygen atoms in total. The van der Waals surface area contributed by atoms with Crippen molar-refractivity contribution in [2.45, 2.75) is 9.99 Å². The first-order valence-electron chi connectivity index (χ1n) is 5.99. The van der Waals surface area contributed by atoms with Gasteiger partial charge >= 0.3 is 5.97 Å². The number of carbonyl (C=O) groups excluding carboxylic acids is 1. The average molecular weight is 357 g/mol. The zero-order valence-electron chi connectivity index (χ0n) is 11.3. The van der Waals surface area contributed by atoms with Gasteiger partial charge in [0.1, 0.15) is 6.26 Å². The Morgan fingerprint density at radius 3 is 2.30 bits per heavy atom. The number of rotatable bonds is 5. The van der Waals surface area contributed by atoms with E-state index in [-0.39, 0.29) is 10.5 Å². The van der Waals surface area contributed by atoms with Gasteiger partial charge in [-0.25, -0.2) is 13.2 Å². The van der Waals surface area contributed by atoms with Crippen LogP contribution in [0.2, 0.25) is 5.02 Å². The maximum absolute atomic E-state index is 12.3. The summed E-state index contributed by atoms with van der Waals surface area (Å²) >= 11 is 5.69. The summed E-state index contributed by atoms with van der Waals surface area (Å²) in [6, 6.07) is 6.27. The minimum atomic E-state index is -3.99. The lowest BCUT2D eigenvalue weighted by Gasteiger charge is -2.00. The summed E-state index contributed by atoms with van der Waals surface area (Å²) in [7, 11) is -3.99. The largest absolute Gasteiger partial charge is 0.502 e. The third-order valence-electron chi connectivity index (χ3n) is 2.74. The minimum Gasteiger partial charge on any atom is -0.502 e. The van der Waals surface area contributed by atoms with E-state index in [4.69, 9.17) is 26.2 Å². The highest BCUT2D eigenvalue weighted by atomic mass is 35.5. The van der Waals surface area contributed by atoms with Crippen molar-refractivity contribution in [1.82, 2.24) is 0 Å². The van der Waals surface area contributed by atoms with Crippen molar-refractivity contribution in [3.05, 3.63) is 59.0 Å². The van der Waals surface area contributed by atoms with Gasteiger partial charge in [0.2, 0.25) is 20.7 Å². The van der Waals surface area contributed by atoms with E-state index >= 15 is 0 Å². The van der Waals surface area contributed by atoms with Gasteiger partial charge in [0.15, 0.2) is 5.78 Å². The van der Waals surface area contributed by atoms with Crippen molar-refractivity contribution in [1.29, 1.82) is 0 Å². The monoisotopic (exact) mass is 356 g/mol. The normalized spacial score (nSPS) is 12.1. The highest BCUT2D eigenvalue weighted by Crippen LogP contribution is 2.24. The topological polar surface area (TPSA) is 122 Å². The number of furan rings is 1. The van der Waals surface area contributed by atoms with Gasteiger partial charge in [-0.3, -0.25) is 4.79 Å². The number of aliphatic carboxylic acids is 1. The number of aliphatic hydroxyl groups is 1. The lowest BCUT2D eigenvalue weighted by Crippen LogP contribution is -2.03. The number of carboxylic acids is 1. The van der Waals surface area contributed by atoms with E-state index in [0.29, 0.717) is 11.1 Å². The Morgan fingerprint density at radius 1 is 1.13 bits per heavy atom. The number of carbonyl (C=O) groups is 2. The summed E-state index contributed by atoms with van der Waals surface area (Å²) < 4.78 is 29.5. The number of sulfone groups is 1. The van der Waals surface area contributed by atoms with Crippen LogP contribution in [0.1, 0.15) is 10.4 Å². The van der Waals surface area contributed by atoms with Crippen molar-refractivity contribution in [3.63, 3.8) is 0 Å². The molecule has 2 rings (SSSR count). The summed E-state index contributed by atoms with van der Waals surface area (Å²) in [5.74, 6) is -3.76. The summed E-state index contributed by atoms with van der Waals surface area (Å²) in [6.07, 6.45) is 1.31. The van der Waals surface area contributed by atoms with Crippen LogP contribution in [0.25, 0.3) is 0 Å². The Balaban J connectivity index is 2.35. The number of benzene rings is 1. The zero-order valence-corrected chi connectivity index (χ0v) is 12.8. The van der Waals surface area contributed by atoms with E-state index in [9.17, 15) is 18.0 Å². The maximum atomic E-state index is 12.3. The first-order valence-corrected chi connectivity index (χ1v) is 7.85. The second-order valence-corrected chi connectivity index (χ2v) is 6.63. The van der Waals surface area contributed by atoms with Crippen LogP contribution in [-0.4, -0.2) is 30.4 Å². The molecule has 0 spiro atoms. The molecule has 0 aliphatic carbocycles. The van der Waals surface area contributed by atoms with Crippen LogP contribution >= 0.6 is 11.6 Å². The van der Waals surface area contributed by atoms with Crippen molar-refractivity contribution in [2.75, 3.05) is 0 Å². The lowest BCUT2D eigenvalue weighted by molar-refractivity contribution is -0.135. The fraction of sp³-hybridized carbons (Fsp3) is 0. The molecule has 0 fully saturated rings. The Labute approximate surface area is 135 Å². The van der Waals surface area contributed by atoms with Crippen molar-refractivity contribution >= 4 is 33.2 Å². The molecule has 1 aromatic carbocycles. The number of ketones is 1. The summed E-state index contributed by atoms with van der Waals surface area (Å²) in [6.45, 7) is 0. The number of hydrogen-bond acceptors (Lipinski definition) is 6. The molecule has 120 valence electrons. The first kappa shape index (κ1) is 16.8. The lowest BCUT2D eigenvalue weighted by atomic mass is 10.2. The minimum absolute atomic E-state index is 0.0841. The number of aliphatic hydroxyl groups excluding tert-OH is 1. The van der Waals surface area contributed by atoms with Gasteiger partial charge in [0.25, 0.3) is 0 Å². The molecular weight excluding hydrogens is 348 g/mol. The van der Waals surface area contributed by atoms with Crippen LogP contribution < -0.4 is 0 Å². The molecular formula is C14H9ClO7S. The van der Waals surface area contributed by atoms with Gasteiger partial charge in [0.05, 0.1) is 10.5 Å². The zero-order chi connectivity index (χ0) is 17.2. The molecule has 0 saturated carbocycles. The highest BCUT2D eigenvalue weighted by Gasteiger charge is 2.23. The molecule has 0 aliphatic rings. The van der Waals surface area contributed by atoms with Crippen LogP contribution in [0.15, 0.2) is 62.8 Å². The fourth-order valence-electron chi connectivity index (χ4n) is 1.59.